The van der Waals surface area contributed by atoms with Gasteiger partial charge in [-0.15, -0.1) is 0 Å². The number of hydrogen-bond donors (Lipinski definition) is 1. The summed E-state index contributed by atoms with van der Waals surface area (Å²) in [5.74, 6) is -0.694. The molecule has 1 heterocycles. The van der Waals surface area contributed by atoms with Crippen molar-refractivity contribution in [1.82, 2.24) is 4.90 Å². The lowest BCUT2D eigenvalue weighted by Crippen LogP contribution is -2.42. The maximum absolute atomic E-state index is 11.6. The molecule has 0 radical (unpaired) electrons. The third kappa shape index (κ3) is 3.59. The van der Waals surface area contributed by atoms with E-state index in [2.05, 4.69) is 0 Å². The predicted octanol–water partition coefficient (Wildman–Crippen LogP) is 0.0782. The number of carboxylic acids is 1. The quantitative estimate of drug-likeness (QED) is 0.763. The summed E-state index contributed by atoms with van der Waals surface area (Å²) >= 11 is 0. The van der Waals surface area contributed by atoms with Crippen LogP contribution in [0.15, 0.2) is 0 Å². The van der Waals surface area contributed by atoms with E-state index in [0.717, 1.165) is 0 Å². The van der Waals surface area contributed by atoms with Crippen molar-refractivity contribution in [2.24, 2.45) is 5.92 Å². The first kappa shape index (κ1) is 13.2. The van der Waals surface area contributed by atoms with Gasteiger partial charge in [0.05, 0.1) is 5.92 Å². The highest BCUT2D eigenvalue weighted by atomic mass is 32.2. The number of piperidine rings is 1. The highest BCUT2D eigenvalue weighted by Gasteiger charge is 2.27. The number of aliphatic carboxylic acids is 1. The molecule has 6 heteroatoms. The van der Waals surface area contributed by atoms with Gasteiger partial charge in [0.25, 0.3) is 0 Å². The molecule has 1 amide bonds. The van der Waals surface area contributed by atoms with Crippen LogP contribution in [-0.4, -0.2) is 50.7 Å². The molecule has 0 saturated carbocycles. The van der Waals surface area contributed by atoms with Crippen LogP contribution in [0.2, 0.25) is 0 Å². The van der Waals surface area contributed by atoms with Crippen molar-refractivity contribution in [2.75, 3.05) is 24.6 Å². The Morgan fingerprint density at radius 2 is 1.94 bits per heavy atom. The number of rotatable bonds is 4. The van der Waals surface area contributed by atoms with Gasteiger partial charge in [0.15, 0.2) is 0 Å². The maximum atomic E-state index is 11.6. The van der Waals surface area contributed by atoms with Gasteiger partial charge in [-0.05, 0) is 12.8 Å². The molecule has 0 spiro atoms. The predicted molar refractivity (Wildman–Crippen MR) is 60.5 cm³/mol. The molecule has 0 aromatic rings. The smallest absolute Gasteiger partial charge is 0.306 e. The fourth-order valence-corrected chi connectivity index (χ4v) is 2.37. The number of likely N-dealkylation sites (tertiary alicyclic amines) is 1. The van der Waals surface area contributed by atoms with Gasteiger partial charge in [0, 0.05) is 29.6 Å². The molecule has 92 valence electrons. The Balaban J connectivity index is 2.38. The zero-order valence-corrected chi connectivity index (χ0v) is 10.2. The maximum Gasteiger partial charge on any atom is 0.306 e. The third-order valence-electron chi connectivity index (χ3n) is 2.80. The van der Waals surface area contributed by atoms with E-state index in [1.54, 1.807) is 11.8 Å². The Hall–Kier alpha value is -0.910. The highest BCUT2D eigenvalue weighted by molar-refractivity contribution is 7.85. The molecule has 1 aliphatic heterocycles. The summed E-state index contributed by atoms with van der Waals surface area (Å²) < 4.78 is 11.2. The van der Waals surface area contributed by atoms with E-state index in [1.807, 2.05) is 0 Å². The van der Waals surface area contributed by atoms with Gasteiger partial charge in [-0.3, -0.25) is 13.8 Å². The number of carbonyl (C=O) groups excluding carboxylic acids is 1. The van der Waals surface area contributed by atoms with Crippen LogP contribution < -0.4 is 0 Å². The number of nitrogens with zero attached hydrogens (tertiary/aromatic N) is 1. The molecular formula is C10H17NO4S. The number of amides is 1. The van der Waals surface area contributed by atoms with Crippen molar-refractivity contribution < 1.29 is 18.9 Å². The van der Waals surface area contributed by atoms with E-state index in [-0.39, 0.29) is 17.6 Å². The van der Waals surface area contributed by atoms with Crippen LogP contribution in [0, 0.1) is 5.92 Å². The molecule has 0 aromatic carbocycles. The summed E-state index contributed by atoms with van der Waals surface area (Å²) in [4.78, 5) is 24.0. The highest BCUT2D eigenvalue weighted by Crippen LogP contribution is 2.17. The van der Waals surface area contributed by atoms with Crippen LogP contribution in [0.4, 0.5) is 0 Å². The van der Waals surface area contributed by atoms with Crippen molar-refractivity contribution in [1.29, 1.82) is 0 Å². The fourth-order valence-electron chi connectivity index (χ4n) is 1.71. The second-order valence-electron chi connectivity index (χ2n) is 3.87. The Morgan fingerprint density at radius 3 is 2.38 bits per heavy atom. The number of carboxylic acid groups (broad SMARTS) is 1. The van der Waals surface area contributed by atoms with Gasteiger partial charge >= 0.3 is 5.97 Å². The van der Waals surface area contributed by atoms with Crippen molar-refractivity contribution in [2.45, 2.75) is 19.8 Å². The lowest BCUT2D eigenvalue weighted by Gasteiger charge is -2.29. The molecule has 1 fully saturated rings. The largest absolute Gasteiger partial charge is 0.481 e. The van der Waals surface area contributed by atoms with E-state index in [0.29, 0.717) is 31.7 Å². The second kappa shape index (κ2) is 5.98. The minimum Gasteiger partial charge on any atom is -0.481 e. The monoisotopic (exact) mass is 247 g/mol. The molecule has 1 N–H and O–H groups in total. The first-order valence-corrected chi connectivity index (χ1v) is 6.89. The molecule has 1 saturated heterocycles. The Labute approximate surface area is 97.3 Å². The van der Waals surface area contributed by atoms with Crippen LogP contribution in [-0.2, 0) is 20.4 Å². The lowest BCUT2D eigenvalue weighted by molar-refractivity contribution is -0.145. The Bertz CT molecular complexity index is 297. The van der Waals surface area contributed by atoms with Crippen LogP contribution in [0.5, 0.6) is 0 Å². The molecule has 0 aromatic heterocycles. The first-order valence-electron chi connectivity index (χ1n) is 5.40. The Kier molecular flexibility index (Phi) is 4.92. The Morgan fingerprint density at radius 1 is 1.38 bits per heavy atom. The standard InChI is InChI=1S/C10H17NO4S/c1-2-16(15)7-9(12)11-5-3-8(4-6-11)10(13)14/h8H,2-7H2,1H3,(H,13,14). The van der Waals surface area contributed by atoms with Crippen molar-refractivity contribution >= 4 is 22.7 Å². The van der Waals surface area contributed by atoms with E-state index in [1.165, 1.54) is 0 Å². The SMILES string of the molecule is CCS(=O)CC(=O)N1CCC(C(=O)O)CC1. The van der Waals surface area contributed by atoms with Crippen molar-refractivity contribution in [3.8, 4) is 0 Å². The normalized spacial score (nSPS) is 19.4. The van der Waals surface area contributed by atoms with Gasteiger partial charge < -0.3 is 10.0 Å². The van der Waals surface area contributed by atoms with E-state index < -0.39 is 16.8 Å². The summed E-state index contributed by atoms with van der Waals surface area (Å²) in [6.07, 6.45) is 1.000. The van der Waals surface area contributed by atoms with Crippen LogP contribution in [0.25, 0.3) is 0 Å². The number of hydrogen-bond acceptors (Lipinski definition) is 3. The van der Waals surface area contributed by atoms with Gasteiger partial charge in [-0.2, -0.15) is 0 Å². The van der Waals surface area contributed by atoms with Gasteiger partial charge in [0.2, 0.25) is 5.91 Å². The zero-order valence-electron chi connectivity index (χ0n) is 9.35. The molecule has 0 aliphatic carbocycles. The van der Waals surface area contributed by atoms with Crippen LogP contribution in [0.1, 0.15) is 19.8 Å². The summed E-state index contributed by atoms with van der Waals surface area (Å²) in [5.41, 5.74) is 0. The van der Waals surface area contributed by atoms with Gasteiger partial charge in [0.1, 0.15) is 5.75 Å². The topological polar surface area (TPSA) is 74.7 Å². The summed E-state index contributed by atoms with van der Waals surface area (Å²) in [6.45, 7) is 2.72. The van der Waals surface area contributed by atoms with Gasteiger partial charge in [-0.25, -0.2) is 0 Å². The lowest BCUT2D eigenvalue weighted by atomic mass is 9.97. The van der Waals surface area contributed by atoms with Crippen molar-refractivity contribution in [3.63, 3.8) is 0 Å². The number of carbonyl (C=O) groups is 2. The molecule has 1 aliphatic rings. The molecular weight excluding hydrogens is 230 g/mol. The van der Waals surface area contributed by atoms with Gasteiger partial charge in [-0.1, -0.05) is 6.92 Å². The van der Waals surface area contributed by atoms with E-state index >= 15 is 0 Å². The molecule has 16 heavy (non-hydrogen) atoms. The van der Waals surface area contributed by atoms with Crippen LogP contribution in [0.3, 0.4) is 0 Å². The third-order valence-corrected chi connectivity index (χ3v) is 4.02. The first-order chi connectivity index (χ1) is 7.54. The van der Waals surface area contributed by atoms with Crippen LogP contribution >= 0.6 is 0 Å². The second-order valence-corrected chi connectivity index (χ2v) is 5.61. The minimum absolute atomic E-state index is 0.0637. The summed E-state index contributed by atoms with van der Waals surface area (Å²) in [7, 11) is -1.08. The molecule has 1 atom stereocenters. The van der Waals surface area contributed by atoms with Crippen molar-refractivity contribution in [3.05, 3.63) is 0 Å². The minimum atomic E-state index is -1.08. The molecule has 0 bridgehead atoms. The fraction of sp³-hybridized carbons (Fsp3) is 0.800. The summed E-state index contributed by atoms with van der Waals surface area (Å²) in [5, 5.41) is 8.79. The molecule has 1 rings (SSSR count). The zero-order chi connectivity index (χ0) is 12.1. The summed E-state index contributed by atoms with van der Waals surface area (Å²) in [6, 6.07) is 0. The van der Waals surface area contributed by atoms with E-state index in [9.17, 15) is 13.8 Å². The average Bonchev–Trinajstić information content (AvgIpc) is 2.28. The average molecular weight is 247 g/mol. The van der Waals surface area contributed by atoms with E-state index in [4.69, 9.17) is 5.11 Å². The molecule has 5 nitrogen and oxygen atoms in total. The molecule has 1 unspecified atom stereocenters.